The molecule has 0 bridgehead atoms. The Labute approximate surface area is 248 Å². The standard InChI is InChI=1S/C32H39FN4O4S/c1-24-13-15-26(16-14-24)22-36(30(21-25-9-5-4-6-10-25)32(39)34-28-11-7-8-12-28)31(38)23-37(42(40,41)35(2)3)29-19-17-27(33)18-20-29/h4-6,9-10,13-20,28,30H,7-8,11-12,21-23H2,1-3H3,(H,34,39)/t30-/m1/s1. The van der Waals surface area contributed by atoms with Gasteiger partial charge >= 0.3 is 10.2 Å². The van der Waals surface area contributed by atoms with Gasteiger partial charge in [0.2, 0.25) is 11.8 Å². The van der Waals surface area contributed by atoms with Crippen molar-refractivity contribution in [3.8, 4) is 0 Å². The first-order chi connectivity index (χ1) is 20.0. The Balaban J connectivity index is 1.74. The predicted octanol–water partition coefficient (Wildman–Crippen LogP) is 4.45. The summed E-state index contributed by atoms with van der Waals surface area (Å²) in [5, 5.41) is 3.15. The van der Waals surface area contributed by atoms with Gasteiger partial charge in [0.25, 0.3) is 0 Å². The van der Waals surface area contributed by atoms with Crippen molar-refractivity contribution in [2.75, 3.05) is 24.9 Å². The Morgan fingerprint density at radius 2 is 1.52 bits per heavy atom. The van der Waals surface area contributed by atoms with Crippen molar-refractivity contribution in [1.29, 1.82) is 0 Å². The molecule has 10 heteroatoms. The minimum atomic E-state index is -4.14. The van der Waals surface area contributed by atoms with Crippen molar-refractivity contribution in [2.24, 2.45) is 0 Å². The SMILES string of the molecule is Cc1ccc(CN(C(=O)CN(c2ccc(F)cc2)S(=O)(=O)N(C)C)[C@H](Cc2ccccc2)C(=O)NC2CCCC2)cc1. The van der Waals surface area contributed by atoms with Crippen molar-refractivity contribution >= 4 is 27.7 Å². The molecule has 0 aliphatic heterocycles. The third kappa shape index (κ3) is 7.95. The molecule has 0 aromatic heterocycles. The number of nitrogens with one attached hydrogen (secondary N) is 1. The van der Waals surface area contributed by atoms with Crippen LogP contribution < -0.4 is 9.62 Å². The molecular weight excluding hydrogens is 555 g/mol. The van der Waals surface area contributed by atoms with Crippen LogP contribution in [0.2, 0.25) is 0 Å². The van der Waals surface area contributed by atoms with Crippen molar-refractivity contribution in [3.05, 3.63) is 101 Å². The minimum absolute atomic E-state index is 0.0388. The Hall–Kier alpha value is -3.76. The molecule has 0 radical (unpaired) electrons. The molecule has 2 amide bonds. The van der Waals surface area contributed by atoms with Gasteiger partial charge in [-0.05, 0) is 55.2 Å². The van der Waals surface area contributed by atoms with Gasteiger partial charge in [0.1, 0.15) is 18.4 Å². The summed E-state index contributed by atoms with van der Waals surface area (Å²) in [6.07, 6.45) is 4.10. The second-order valence-corrected chi connectivity index (χ2v) is 13.0. The third-order valence-corrected chi connectivity index (χ3v) is 9.40. The Bertz CT molecular complexity index is 1440. The highest BCUT2D eigenvalue weighted by Gasteiger charge is 2.35. The zero-order valence-electron chi connectivity index (χ0n) is 24.4. The largest absolute Gasteiger partial charge is 0.352 e. The molecule has 8 nitrogen and oxygen atoms in total. The topological polar surface area (TPSA) is 90.0 Å². The van der Waals surface area contributed by atoms with Crippen LogP contribution in [-0.4, -0.2) is 62.2 Å². The fourth-order valence-corrected chi connectivity index (χ4v) is 6.19. The average molecular weight is 595 g/mol. The van der Waals surface area contributed by atoms with Crippen LogP contribution in [0, 0.1) is 12.7 Å². The lowest BCUT2D eigenvalue weighted by molar-refractivity contribution is -0.140. The van der Waals surface area contributed by atoms with Crippen LogP contribution in [0.4, 0.5) is 10.1 Å². The van der Waals surface area contributed by atoms with Crippen LogP contribution in [0.5, 0.6) is 0 Å². The lowest BCUT2D eigenvalue weighted by atomic mass is 10.0. The number of nitrogens with zero attached hydrogens (tertiary/aromatic N) is 3. The van der Waals surface area contributed by atoms with Crippen molar-refractivity contribution in [2.45, 2.75) is 57.7 Å². The summed E-state index contributed by atoms with van der Waals surface area (Å²) in [6.45, 7) is 1.50. The first-order valence-electron chi connectivity index (χ1n) is 14.2. The lowest BCUT2D eigenvalue weighted by Crippen LogP contribution is -2.55. The number of halogens is 1. The Morgan fingerprint density at radius 3 is 2.12 bits per heavy atom. The zero-order valence-corrected chi connectivity index (χ0v) is 25.2. The van der Waals surface area contributed by atoms with E-state index < -0.39 is 34.5 Å². The summed E-state index contributed by atoms with van der Waals surface area (Å²) in [7, 11) is -1.40. The highest BCUT2D eigenvalue weighted by Crippen LogP contribution is 2.23. The highest BCUT2D eigenvalue weighted by atomic mass is 32.2. The number of hydrogen-bond donors (Lipinski definition) is 1. The first-order valence-corrected chi connectivity index (χ1v) is 15.6. The van der Waals surface area contributed by atoms with E-state index in [4.69, 9.17) is 0 Å². The molecule has 3 aromatic rings. The van der Waals surface area contributed by atoms with E-state index in [1.165, 1.54) is 31.1 Å². The van der Waals surface area contributed by atoms with Gasteiger partial charge in [0, 0.05) is 33.1 Å². The molecule has 1 atom stereocenters. The number of aryl methyl sites for hydroxylation is 1. The zero-order chi connectivity index (χ0) is 30.3. The van der Waals surface area contributed by atoms with E-state index in [0.717, 1.165) is 63.1 Å². The van der Waals surface area contributed by atoms with Gasteiger partial charge in [-0.2, -0.15) is 12.7 Å². The van der Waals surface area contributed by atoms with E-state index in [-0.39, 0.29) is 30.6 Å². The number of carbonyl (C=O) groups excluding carboxylic acids is 2. The Morgan fingerprint density at radius 1 is 0.905 bits per heavy atom. The maximum atomic E-state index is 14.3. The molecule has 4 rings (SSSR count). The fourth-order valence-electron chi connectivity index (χ4n) is 5.14. The van der Waals surface area contributed by atoms with Crippen LogP contribution in [-0.2, 0) is 32.8 Å². The first kappa shape index (κ1) is 31.2. The molecule has 1 saturated carbocycles. The van der Waals surface area contributed by atoms with Crippen LogP contribution in [0.15, 0.2) is 78.9 Å². The van der Waals surface area contributed by atoms with Crippen LogP contribution in [0.25, 0.3) is 0 Å². The summed E-state index contributed by atoms with van der Waals surface area (Å²) in [5.74, 6) is -1.34. The van der Waals surface area contributed by atoms with E-state index in [0.29, 0.717) is 0 Å². The number of carbonyl (C=O) groups is 2. The molecule has 3 aromatic carbocycles. The smallest absolute Gasteiger partial charge is 0.304 e. The normalized spacial score (nSPS) is 14.5. The van der Waals surface area contributed by atoms with E-state index in [1.807, 2.05) is 61.5 Å². The molecule has 0 unspecified atom stereocenters. The number of benzene rings is 3. The van der Waals surface area contributed by atoms with Crippen LogP contribution in [0.3, 0.4) is 0 Å². The fraction of sp³-hybridized carbons (Fsp3) is 0.375. The molecule has 1 aliphatic rings. The second-order valence-electron chi connectivity index (χ2n) is 11.0. The second kappa shape index (κ2) is 13.9. The number of anilines is 1. The van der Waals surface area contributed by atoms with Crippen molar-refractivity contribution < 1.29 is 22.4 Å². The molecule has 1 aliphatic carbocycles. The van der Waals surface area contributed by atoms with Gasteiger partial charge in [0.05, 0.1) is 5.69 Å². The highest BCUT2D eigenvalue weighted by molar-refractivity contribution is 7.90. The predicted molar refractivity (Wildman–Crippen MR) is 162 cm³/mol. The van der Waals surface area contributed by atoms with Gasteiger partial charge in [-0.3, -0.25) is 9.59 Å². The summed E-state index contributed by atoms with van der Waals surface area (Å²) in [5.41, 5.74) is 2.88. The van der Waals surface area contributed by atoms with E-state index in [1.54, 1.807) is 0 Å². The van der Waals surface area contributed by atoms with Gasteiger partial charge in [-0.1, -0.05) is 73.0 Å². The van der Waals surface area contributed by atoms with E-state index in [9.17, 15) is 22.4 Å². The van der Waals surface area contributed by atoms with Crippen molar-refractivity contribution in [3.63, 3.8) is 0 Å². The molecule has 1 N–H and O–H groups in total. The molecule has 0 heterocycles. The monoisotopic (exact) mass is 594 g/mol. The van der Waals surface area contributed by atoms with Gasteiger partial charge < -0.3 is 10.2 Å². The number of rotatable bonds is 12. The number of amides is 2. The summed E-state index contributed by atoms with van der Waals surface area (Å²) >= 11 is 0. The molecule has 224 valence electrons. The van der Waals surface area contributed by atoms with Gasteiger partial charge in [-0.25, -0.2) is 8.70 Å². The molecule has 0 spiro atoms. The molecule has 1 fully saturated rings. The summed E-state index contributed by atoms with van der Waals surface area (Å²) in [6, 6.07) is 21.2. The number of hydrogen-bond acceptors (Lipinski definition) is 4. The van der Waals surface area contributed by atoms with Crippen LogP contribution >= 0.6 is 0 Å². The molecular formula is C32H39FN4O4S. The van der Waals surface area contributed by atoms with Crippen LogP contribution in [0.1, 0.15) is 42.4 Å². The minimum Gasteiger partial charge on any atom is -0.352 e. The third-order valence-electron chi connectivity index (χ3n) is 7.58. The lowest BCUT2D eigenvalue weighted by Gasteiger charge is -2.35. The van der Waals surface area contributed by atoms with Gasteiger partial charge in [0.15, 0.2) is 0 Å². The van der Waals surface area contributed by atoms with Crippen molar-refractivity contribution in [1.82, 2.24) is 14.5 Å². The molecule has 0 saturated heterocycles. The summed E-state index contributed by atoms with van der Waals surface area (Å²) < 4.78 is 42.5. The maximum absolute atomic E-state index is 14.3. The van der Waals surface area contributed by atoms with E-state index in [2.05, 4.69) is 5.32 Å². The molecule has 42 heavy (non-hydrogen) atoms. The average Bonchev–Trinajstić information content (AvgIpc) is 3.48. The summed E-state index contributed by atoms with van der Waals surface area (Å²) in [4.78, 5) is 29.6. The van der Waals surface area contributed by atoms with E-state index >= 15 is 0 Å². The quantitative estimate of drug-likeness (QED) is 0.336. The Kier molecular flexibility index (Phi) is 10.3. The van der Waals surface area contributed by atoms with Gasteiger partial charge in [-0.15, -0.1) is 0 Å². The maximum Gasteiger partial charge on any atom is 0.304 e.